The van der Waals surface area contributed by atoms with E-state index in [1.54, 1.807) is 0 Å². The van der Waals surface area contributed by atoms with E-state index >= 15 is 0 Å². The minimum absolute atomic E-state index is 0.103. The molecule has 0 aromatic carbocycles. The molecule has 0 aliphatic heterocycles. The maximum Gasteiger partial charge on any atom is 0.472 e. The topological polar surface area (TPSA) is 237 Å². The van der Waals surface area contributed by atoms with Crippen molar-refractivity contribution in [3.8, 4) is 0 Å². The molecule has 0 spiro atoms. The van der Waals surface area contributed by atoms with E-state index in [1.807, 2.05) is 0 Å². The van der Waals surface area contributed by atoms with E-state index in [2.05, 4.69) is 55.4 Å². The van der Waals surface area contributed by atoms with Crippen LogP contribution in [0.2, 0.25) is 0 Å². The van der Waals surface area contributed by atoms with Crippen LogP contribution in [0.3, 0.4) is 0 Å². The molecule has 0 radical (unpaired) electrons. The minimum Gasteiger partial charge on any atom is -0.462 e. The maximum absolute atomic E-state index is 13.0. The number of hydrogen-bond donors (Lipinski definition) is 3. The van der Waals surface area contributed by atoms with Crippen molar-refractivity contribution in [2.75, 3.05) is 39.6 Å². The van der Waals surface area contributed by atoms with Gasteiger partial charge >= 0.3 is 39.5 Å². The van der Waals surface area contributed by atoms with Gasteiger partial charge in [0, 0.05) is 25.7 Å². The van der Waals surface area contributed by atoms with Gasteiger partial charge in [0.25, 0.3) is 0 Å². The largest absolute Gasteiger partial charge is 0.472 e. The lowest BCUT2D eigenvalue weighted by Gasteiger charge is -2.21. The molecule has 534 valence electrons. The quantitative estimate of drug-likeness (QED) is 0.0222. The van der Waals surface area contributed by atoms with Crippen molar-refractivity contribution in [3.05, 3.63) is 0 Å². The van der Waals surface area contributed by atoms with Gasteiger partial charge in [-0.3, -0.25) is 37.3 Å². The Morgan fingerprint density at radius 3 is 0.789 bits per heavy atom. The first-order valence-electron chi connectivity index (χ1n) is 36.7. The van der Waals surface area contributed by atoms with E-state index in [9.17, 15) is 43.2 Å². The fourth-order valence-electron chi connectivity index (χ4n) is 10.6. The number of rotatable bonds is 68. The first-order valence-corrected chi connectivity index (χ1v) is 39.7. The molecule has 0 amide bonds. The monoisotopic (exact) mass is 1320 g/mol. The minimum atomic E-state index is -4.95. The van der Waals surface area contributed by atoms with Crippen LogP contribution in [0.5, 0.6) is 0 Å². The summed E-state index contributed by atoms with van der Waals surface area (Å²) < 4.78 is 68.3. The average molecular weight is 1330 g/mol. The zero-order valence-electron chi connectivity index (χ0n) is 58.8. The third-order valence-corrected chi connectivity index (χ3v) is 18.6. The maximum atomic E-state index is 13.0. The summed E-state index contributed by atoms with van der Waals surface area (Å²) in [4.78, 5) is 72.5. The molecule has 19 heteroatoms. The predicted molar refractivity (Wildman–Crippen MR) is 363 cm³/mol. The van der Waals surface area contributed by atoms with Gasteiger partial charge in [-0.25, -0.2) is 9.13 Å². The summed E-state index contributed by atoms with van der Waals surface area (Å²) in [6.45, 7) is 14.1. The third-order valence-electron chi connectivity index (χ3n) is 16.7. The van der Waals surface area contributed by atoms with Crippen LogP contribution in [0.25, 0.3) is 0 Å². The summed E-state index contributed by atoms with van der Waals surface area (Å²) in [6.07, 6.45) is 43.2. The molecule has 0 aromatic rings. The molecule has 0 saturated heterocycles. The number of esters is 4. The molecule has 0 aromatic heterocycles. The Bertz CT molecular complexity index is 1780. The third kappa shape index (κ3) is 63.5. The number of hydrogen-bond acceptors (Lipinski definition) is 15. The molecular formula is C71H138O17P2. The molecule has 0 heterocycles. The van der Waals surface area contributed by atoms with Crippen molar-refractivity contribution in [1.29, 1.82) is 0 Å². The lowest BCUT2D eigenvalue weighted by atomic mass is 10.00. The lowest BCUT2D eigenvalue weighted by molar-refractivity contribution is -0.161. The second kappa shape index (κ2) is 60.7. The normalized spacial score (nSPS) is 14.6. The van der Waals surface area contributed by atoms with Crippen LogP contribution in [0.4, 0.5) is 0 Å². The van der Waals surface area contributed by atoms with Crippen LogP contribution >= 0.6 is 15.6 Å². The molecule has 0 fully saturated rings. The van der Waals surface area contributed by atoms with E-state index in [0.717, 1.165) is 114 Å². The molecule has 3 N–H and O–H groups in total. The molecule has 6 atom stereocenters. The second-order valence-corrected chi connectivity index (χ2v) is 30.2. The number of phosphoric acid groups is 2. The van der Waals surface area contributed by atoms with E-state index in [4.69, 9.17) is 37.0 Å². The Kier molecular flexibility index (Phi) is 59.4. The standard InChI is InChI=1S/C71H138O17P2/c1-9-64(8)50-42-34-29-30-38-46-54-71(76)88-67(58-81-68(73)51-43-35-26-19-15-13-11-10-12-14-17-23-31-39-47-61(2)3)60-86-90(79,80)84-56-65(72)55-83-89(77,78)85-59-66(57-82-69(74)52-44-36-27-22-21-25-33-41-49-63(6)7)87-70(75)53-45-37-28-20-16-18-24-32-40-48-62(4)5/h61-67,72H,9-60H2,1-8H3,(H,77,78)(H,79,80)/t64?,65?,66-,67-/m1/s1. The van der Waals surface area contributed by atoms with Crippen LogP contribution in [0, 0.1) is 23.7 Å². The number of phosphoric ester groups is 2. The number of carbonyl (C=O) groups is 4. The summed E-state index contributed by atoms with van der Waals surface area (Å²) in [7, 11) is -9.90. The van der Waals surface area contributed by atoms with E-state index in [0.29, 0.717) is 25.7 Å². The highest BCUT2D eigenvalue weighted by molar-refractivity contribution is 7.47. The van der Waals surface area contributed by atoms with E-state index in [-0.39, 0.29) is 25.7 Å². The highest BCUT2D eigenvalue weighted by Crippen LogP contribution is 2.45. The molecule has 0 rings (SSSR count). The van der Waals surface area contributed by atoms with Gasteiger partial charge < -0.3 is 33.8 Å². The summed E-state index contributed by atoms with van der Waals surface area (Å²) in [5, 5.41) is 10.6. The fraction of sp³-hybridized carbons (Fsp3) is 0.944. The van der Waals surface area contributed by atoms with Crippen molar-refractivity contribution in [2.24, 2.45) is 23.7 Å². The molecular weight excluding hydrogens is 1190 g/mol. The van der Waals surface area contributed by atoms with Crippen molar-refractivity contribution < 1.29 is 80.2 Å². The van der Waals surface area contributed by atoms with Gasteiger partial charge in [-0.2, -0.15) is 0 Å². The average Bonchev–Trinajstić information content (AvgIpc) is 3.64. The van der Waals surface area contributed by atoms with Gasteiger partial charge in [-0.1, -0.05) is 299 Å². The summed E-state index contributed by atoms with van der Waals surface area (Å²) in [6, 6.07) is 0. The molecule has 17 nitrogen and oxygen atoms in total. The number of aliphatic hydroxyl groups excluding tert-OH is 1. The molecule has 4 unspecified atom stereocenters. The van der Waals surface area contributed by atoms with Crippen LogP contribution < -0.4 is 0 Å². The predicted octanol–water partition coefficient (Wildman–Crippen LogP) is 20.1. The molecule has 0 bridgehead atoms. The van der Waals surface area contributed by atoms with E-state index in [1.165, 1.54) is 154 Å². The van der Waals surface area contributed by atoms with Gasteiger partial charge in [0.15, 0.2) is 12.2 Å². The summed E-state index contributed by atoms with van der Waals surface area (Å²) in [5.41, 5.74) is 0. The van der Waals surface area contributed by atoms with Gasteiger partial charge in [-0.15, -0.1) is 0 Å². The molecule has 90 heavy (non-hydrogen) atoms. The van der Waals surface area contributed by atoms with Gasteiger partial charge in [0.1, 0.15) is 19.3 Å². The number of ether oxygens (including phenoxy) is 4. The first-order chi connectivity index (χ1) is 43.1. The van der Waals surface area contributed by atoms with Crippen LogP contribution in [-0.2, 0) is 65.4 Å². The Hall–Kier alpha value is -1.94. The Balaban J connectivity index is 5.22. The van der Waals surface area contributed by atoms with Gasteiger partial charge in [-0.05, 0) is 49.4 Å². The Morgan fingerprint density at radius 2 is 0.533 bits per heavy atom. The summed E-state index contributed by atoms with van der Waals surface area (Å²) in [5.74, 6) is 0.851. The second-order valence-electron chi connectivity index (χ2n) is 27.3. The SMILES string of the molecule is CCC(C)CCCCCCCCC(=O)O[C@H](COC(=O)CCCCCCCCCCCCCCCCC(C)C)COP(=O)(O)OCC(O)COP(=O)(O)OC[C@@H](COC(=O)CCCCCCCCCCC(C)C)OC(=O)CCCCCCCCCCCC(C)C. The smallest absolute Gasteiger partial charge is 0.462 e. The van der Waals surface area contributed by atoms with E-state index < -0.39 is 97.5 Å². The zero-order valence-corrected chi connectivity index (χ0v) is 60.6. The highest BCUT2D eigenvalue weighted by atomic mass is 31.2. The van der Waals surface area contributed by atoms with Crippen LogP contribution in [0.15, 0.2) is 0 Å². The zero-order chi connectivity index (χ0) is 66.8. The molecule has 0 aliphatic rings. The van der Waals surface area contributed by atoms with Crippen molar-refractivity contribution in [1.82, 2.24) is 0 Å². The van der Waals surface area contributed by atoms with Gasteiger partial charge in [0.05, 0.1) is 26.4 Å². The number of aliphatic hydroxyl groups is 1. The fourth-order valence-corrected chi connectivity index (χ4v) is 12.2. The molecule has 0 saturated carbocycles. The molecule has 0 aliphatic carbocycles. The van der Waals surface area contributed by atoms with Crippen molar-refractivity contribution in [2.45, 2.75) is 369 Å². The summed E-state index contributed by atoms with van der Waals surface area (Å²) >= 11 is 0. The van der Waals surface area contributed by atoms with Crippen LogP contribution in [-0.4, -0.2) is 96.7 Å². The van der Waals surface area contributed by atoms with Gasteiger partial charge in [0.2, 0.25) is 0 Å². The van der Waals surface area contributed by atoms with Crippen molar-refractivity contribution in [3.63, 3.8) is 0 Å². The first kappa shape index (κ1) is 88.1. The van der Waals surface area contributed by atoms with Crippen molar-refractivity contribution >= 4 is 39.5 Å². The number of unbranched alkanes of at least 4 members (excludes halogenated alkanes) is 33. The highest BCUT2D eigenvalue weighted by Gasteiger charge is 2.30. The lowest BCUT2D eigenvalue weighted by Crippen LogP contribution is -2.30. The Labute approximate surface area is 549 Å². The number of carbonyl (C=O) groups excluding carboxylic acids is 4. The van der Waals surface area contributed by atoms with Crippen LogP contribution in [0.1, 0.15) is 351 Å². The Morgan fingerprint density at radius 1 is 0.311 bits per heavy atom.